The van der Waals surface area contributed by atoms with Crippen LogP contribution in [0.4, 0.5) is 4.39 Å². The normalized spacial score (nSPS) is 9.80. The van der Waals surface area contributed by atoms with E-state index >= 15 is 0 Å². The number of rotatable bonds is 3. The van der Waals surface area contributed by atoms with E-state index in [1.165, 1.54) is 12.1 Å². The van der Waals surface area contributed by atoms with Crippen LogP contribution in [-0.4, -0.2) is 12.5 Å². The van der Waals surface area contributed by atoms with Crippen LogP contribution in [-0.2, 0) is 0 Å². The van der Waals surface area contributed by atoms with Crippen molar-refractivity contribution in [1.82, 2.24) is 5.32 Å². The first-order chi connectivity index (χ1) is 7.00. The molecule has 0 fully saturated rings. The van der Waals surface area contributed by atoms with E-state index in [1.807, 2.05) is 0 Å². The first-order valence-corrected chi connectivity index (χ1v) is 5.66. The van der Waals surface area contributed by atoms with Gasteiger partial charge in [0.1, 0.15) is 5.82 Å². The van der Waals surface area contributed by atoms with Crippen molar-refractivity contribution >= 4 is 37.8 Å². The van der Waals surface area contributed by atoms with Crippen LogP contribution in [0.2, 0.25) is 0 Å². The van der Waals surface area contributed by atoms with E-state index in [2.05, 4.69) is 43.8 Å². The highest BCUT2D eigenvalue weighted by Crippen LogP contribution is 2.15. The summed E-state index contributed by atoms with van der Waals surface area (Å²) in [6.45, 7) is 3.83. The molecule has 0 aromatic heterocycles. The Balaban J connectivity index is 2.78. The molecule has 1 aromatic carbocycles. The second kappa shape index (κ2) is 5.42. The maximum Gasteiger partial charge on any atom is 0.254 e. The summed E-state index contributed by atoms with van der Waals surface area (Å²) in [6.07, 6.45) is 0. The Kier molecular flexibility index (Phi) is 4.47. The molecule has 0 bridgehead atoms. The minimum Gasteiger partial charge on any atom is -0.347 e. The molecule has 2 nitrogen and oxygen atoms in total. The number of hydrogen-bond acceptors (Lipinski definition) is 1. The Hall–Kier alpha value is -0.680. The standard InChI is InChI=1S/C10H8Br2FNO/c1-6(11)5-14-10(15)8-3-2-7(12)4-9(8)13/h2-4H,1,5H2,(H,14,15). The number of benzene rings is 1. The van der Waals surface area contributed by atoms with Gasteiger partial charge < -0.3 is 5.32 Å². The van der Waals surface area contributed by atoms with Crippen LogP contribution in [0.1, 0.15) is 10.4 Å². The van der Waals surface area contributed by atoms with Crippen LogP contribution in [0.3, 0.4) is 0 Å². The molecule has 0 unspecified atom stereocenters. The lowest BCUT2D eigenvalue weighted by Crippen LogP contribution is -2.25. The maximum atomic E-state index is 13.3. The quantitative estimate of drug-likeness (QED) is 0.902. The average molecular weight is 337 g/mol. The van der Waals surface area contributed by atoms with E-state index in [1.54, 1.807) is 6.07 Å². The summed E-state index contributed by atoms with van der Waals surface area (Å²) in [7, 11) is 0. The van der Waals surface area contributed by atoms with Crippen molar-refractivity contribution in [2.45, 2.75) is 0 Å². The van der Waals surface area contributed by atoms with Crippen LogP contribution in [0.5, 0.6) is 0 Å². The lowest BCUT2D eigenvalue weighted by atomic mass is 10.2. The number of halogens is 3. The van der Waals surface area contributed by atoms with Gasteiger partial charge in [-0.15, -0.1) is 0 Å². The van der Waals surface area contributed by atoms with Crippen molar-refractivity contribution in [1.29, 1.82) is 0 Å². The van der Waals surface area contributed by atoms with E-state index < -0.39 is 11.7 Å². The molecule has 1 amide bonds. The van der Waals surface area contributed by atoms with Crippen LogP contribution in [0, 0.1) is 5.82 Å². The number of nitrogens with one attached hydrogen (secondary N) is 1. The molecule has 80 valence electrons. The molecule has 1 aromatic rings. The fourth-order valence-corrected chi connectivity index (χ4v) is 1.42. The highest BCUT2D eigenvalue weighted by molar-refractivity contribution is 9.11. The molecule has 0 aliphatic rings. The molecule has 0 saturated heterocycles. The topological polar surface area (TPSA) is 29.1 Å². The van der Waals surface area contributed by atoms with E-state index in [0.29, 0.717) is 8.96 Å². The monoisotopic (exact) mass is 335 g/mol. The molecule has 0 heterocycles. The summed E-state index contributed by atoms with van der Waals surface area (Å²) in [5.74, 6) is -1.01. The maximum absolute atomic E-state index is 13.3. The predicted octanol–water partition coefficient (Wildman–Crippen LogP) is 3.23. The van der Waals surface area contributed by atoms with Crippen molar-refractivity contribution in [2.75, 3.05) is 6.54 Å². The van der Waals surface area contributed by atoms with Gasteiger partial charge in [0.15, 0.2) is 0 Å². The van der Waals surface area contributed by atoms with Gasteiger partial charge in [-0.2, -0.15) is 0 Å². The fraction of sp³-hybridized carbons (Fsp3) is 0.100. The van der Waals surface area contributed by atoms with Crippen molar-refractivity contribution < 1.29 is 9.18 Å². The minimum absolute atomic E-state index is 0.0203. The lowest BCUT2D eigenvalue weighted by Gasteiger charge is -2.05. The Morgan fingerprint density at radius 2 is 2.20 bits per heavy atom. The van der Waals surface area contributed by atoms with E-state index in [9.17, 15) is 9.18 Å². The van der Waals surface area contributed by atoms with Gasteiger partial charge >= 0.3 is 0 Å². The molecule has 1 N–H and O–H groups in total. The first-order valence-electron chi connectivity index (χ1n) is 4.07. The van der Waals surface area contributed by atoms with Crippen LogP contribution in [0.15, 0.2) is 33.7 Å². The van der Waals surface area contributed by atoms with Crippen LogP contribution < -0.4 is 5.32 Å². The van der Waals surface area contributed by atoms with E-state index in [-0.39, 0.29) is 12.1 Å². The zero-order chi connectivity index (χ0) is 11.4. The Bertz CT molecular complexity index is 406. The summed E-state index contributed by atoms with van der Waals surface area (Å²) in [5, 5.41) is 2.52. The second-order valence-corrected chi connectivity index (χ2v) is 4.86. The number of amides is 1. The largest absolute Gasteiger partial charge is 0.347 e. The van der Waals surface area contributed by atoms with Gasteiger partial charge in [-0.1, -0.05) is 38.4 Å². The Morgan fingerprint density at radius 3 is 2.73 bits per heavy atom. The molecule has 0 saturated carbocycles. The van der Waals surface area contributed by atoms with Gasteiger partial charge in [0.05, 0.1) is 5.56 Å². The number of carbonyl (C=O) groups excluding carboxylic acids is 1. The van der Waals surface area contributed by atoms with E-state index in [4.69, 9.17) is 0 Å². The van der Waals surface area contributed by atoms with Gasteiger partial charge in [0, 0.05) is 15.5 Å². The molecule has 0 aliphatic heterocycles. The van der Waals surface area contributed by atoms with Gasteiger partial charge in [0.25, 0.3) is 5.91 Å². The number of hydrogen-bond donors (Lipinski definition) is 1. The molecule has 0 radical (unpaired) electrons. The van der Waals surface area contributed by atoms with Crippen molar-refractivity contribution in [3.8, 4) is 0 Å². The molecule has 15 heavy (non-hydrogen) atoms. The van der Waals surface area contributed by atoms with Crippen LogP contribution >= 0.6 is 31.9 Å². The summed E-state index contributed by atoms with van der Waals surface area (Å²) < 4.78 is 14.5. The van der Waals surface area contributed by atoms with Crippen LogP contribution in [0.25, 0.3) is 0 Å². The molecule has 5 heteroatoms. The fourth-order valence-electron chi connectivity index (χ4n) is 0.945. The third-order valence-electron chi connectivity index (χ3n) is 1.62. The van der Waals surface area contributed by atoms with Crippen molar-refractivity contribution in [3.63, 3.8) is 0 Å². The average Bonchev–Trinajstić information content (AvgIpc) is 2.14. The predicted molar refractivity (Wildman–Crippen MR) is 64.5 cm³/mol. The third kappa shape index (κ3) is 3.76. The molecule has 0 spiro atoms. The van der Waals surface area contributed by atoms with Gasteiger partial charge in [-0.3, -0.25) is 4.79 Å². The summed E-state index contributed by atoms with van der Waals surface area (Å²) >= 11 is 6.21. The summed E-state index contributed by atoms with van der Waals surface area (Å²) in [5.41, 5.74) is 0.0203. The van der Waals surface area contributed by atoms with Gasteiger partial charge in [0.2, 0.25) is 0 Å². The SMILES string of the molecule is C=C(Br)CNC(=O)c1ccc(Br)cc1F. The third-order valence-corrected chi connectivity index (χ3v) is 2.39. The number of carbonyl (C=O) groups is 1. The molecule has 0 aliphatic carbocycles. The zero-order valence-corrected chi connectivity index (χ0v) is 10.9. The smallest absolute Gasteiger partial charge is 0.254 e. The lowest BCUT2D eigenvalue weighted by molar-refractivity contribution is 0.0954. The van der Waals surface area contributed by atoms with Crippen molar-refractivity contribution in [3.05, 3.63) is 45.1 Å². The highest BCUT2D eigenvalue weighted by Gasteiger charge is 2.10. The highest BCUT2D eigenvalue weighted by atomic mass is 79.9. The Labute approximate surface area is 104 Å². The molecular weight excluding hydrogens is 329 g/mol. The van der Waals surface area contributed by atoms with Crippen molar-refractivity contribution in [2.24, 2.45) is 0 Å². The minimum atomic E-state index is -0.554. The summed E-state index contributed by atoms with van der Waals surface area (Å²) in [6, 6.07) is 4.28. The summed E-state index contributed by atoms with van der Waals surface area (Å²) in [4.78, 5) is 11.5. The van der Waals surface area contributed by atoms with Gasteiger partial charge in [-0.05, 0) is 18.2 Å². The van der Waals surface area contributed by atoms with Gasteiger partial charge in [-0.25, -0.2) is 4.39 Å². The first kappa shape index (κ1) is 12.4. The zero-order valence-electron chi connectivity index (χ0n) is 7.69. The van der Waals surface area contributed by atoms with E-state index in [0.717, 1.165) is 0 Å². The Morgan fingerprint density at radius 1 is 1.53 bits per heavy atom. The molecule has 0 atom stereocenters. The molecule has 1 rings (SSSR count). The second-order valence-electron chi connectivity index (χ2n) is 2.82. The molecular formula is C10H8Br2FNO.